The van der Waals surface area contributed by atoms with E-state index in [1.807, 2.05) is 11.8 Å². The maximum atomic E-state index is 12.0. The summed E-state index contributed by atoms with van der Waals surface area (Å²) in [6, 6.07) is 3.89. The fourth-order valence-electron chi connectivity index (χ4n) is 2.18. The van der Waals surface area contributed by atoms with Gasteiger partial charge in [-0.2, -0.15) is 11.8 Å². The smallest absolute Gasteiger partial charge is 0.261 e. The first-order chi connectivity index (χ1) is 8.20. The third kappa shape index (κ3) is 3.39. The van der Waals surface area contributed by atoms with Gasteiger partial charge in [0, 0.05) is 11.3 Å². The second-order valence-electron chi connectivity index (χ2n) is 4.11. The van der Waals surface area contributed by atoms with Crippen molar-refractivity contribution in [1.29, 1.82) is 0 Å². The molecule has 94 valence electrons. The number of thiophene rings is 1. The van der Waals surface area contributed by atoms with E-state index in [4.69, 9.17) is 11.6 Å². The molecule has 1 aliphatic rings. The molecule has 0 radical (unpaired) electrons. The van der Waals surface area contributed by atoms with Crippen molar-refractivity contribution in [2.75, 3.05) is 5.75 Å². The quantitative estimate of drug-likeness (QED) is 0.913. The molecule has 2 rings (SSSR count). The molecule has 0 spiro atoms. The van der Waals surface area contributed by atoms with Gasteiger partial charge in [-0.3, -0.25) is 4.79 Å². The van der Waals surface area contributed by atoms with Crippen molar-refractivity contribution in [3.8, 4) is 0 Å². The number of nitrogens with one attached hydrogen (secondary N) is 1. The summed E-state index contributed by atoms with van der Waals surface area (Å²) < 4.78 is 0.668. The van der Waals surface area contributed by atoms with Gasteiger partial charge in [-0.25, -0.2) is 0 Å². The molecule has 0 bridgehead atoms. The molecule has 0 aromatic carbocycles. The van der Waals surface area contributed by atoms with Gasteiger partial charge >= 0.3 is 0 Å². The van der Waals surface area contributed by atoms with E-state index in [0.29, 0.717) is 20.5 Å². The minimum Gasteiger partial charge on any atom is -0.347 e. The standard InChI is InChI=1S/C12H16ClNOS2/c1-2-16-9-5-3-4-8(9)14-12(15)10-6-7-11(13)17-10/h6-9H,2-5H2,1H3,(H,14,15). The summed E-state index contributed by atoms with van der Waals surface area (Å²) in [5, 5.41) is 3.72. The molecule has 1 aliphatic carbocycles. The molecule has 2 nitrogen and oxygen atoms in total. The van der Waals surface area contributed by atoms with Crippen LogP contribution >= 0.6 is 34.7 Å². The van der Waals surface area contributed by atoms with Crippen molar-refractivity contribution >= 4 is 40.6 Å². The Labute approximate surface area is 115 Å². The molecule has 1 aromatic rings. The molecule has 5 heteroatoms. The van der Waals surface area contributed by atoms with Crippen LogP contribution in [-0.4, -0.2) is 23.0 Å². The molecule has 17 heavy (non-hydrogen) atoms. The van der Waals surface area contributed by atoms with Crippen LogP contribution < -0.4 is 5.32 Å². The van der Waals surface area contributed by atoms with Crippen molar-refractivity contribution in [3.63, 3.8) is 0 Å². The maximum Gasteiger partial charge on any atom is 0.261 e. The van der Waals surface area contributed by atoms with E-state index < -0.39 is 0 Å². The molecule has 1 N–H and O–H groups in total. The normalized spacial score (nSPS) is 23.9. The average molecular weight is 290 g/mol. The molecule has 2 atom stereocenters. The van der Waals surface area contributed by atoms with Crippen molar-refractivity contribution in [2.24, 2.45) is 0 Å². The summed E-state index contributed by atoms with van der Waals surface area (Å²) >= 11 is 9.13. The third-order valence-corrected chi connectivity index (χ3v) is 5.50. The first kappa shape index (κ1) is 13.2. The highest BCUT2D eigenvalue weighted by Crippen LogP contribution is 2.30. The summed E-state index contributed by atoms with van der Waals surface area (Å²) in [4.78, 5) is 12.7. The van der Waals surface area contributed by atoms with Crippen LogP contribution in [0.4, 0.5) is 0 Å². The number of amides is 1. The molecule has 1 fully saturated rings. The SMILES string of the molecule is CCSC1CCCC1NC(=O)c1ccc(Cl)s1. The minimum absolute atomic E-state index is 0.0236. The molecule has 1 saturated carbocycles. The fourth-order valence-corrected chi connectivity index (χ4v) is 4.32. The highest BCUT2D eigenvalue weighted by molar-refractivity contribution is 7.99. The number of halogens is 1. The van der Waals surface area contributed by atoms with E-state index in [0.717, 1.165) is 12.2 Å². The van der Waals surface area contributed by atoms with Gasteiger partial charge in [-0.15, -0.1) is 11.3 Å². The zero-order valence-electron chi connectivity index (χ0n) is 9.74. The summed E-state index contributed by atoms with van der Waals surface area (Å²) in [5.74, 6) is 1.14. The second kappa shape index (κ2) is 6.12. The van der Waals surface area contributed by atoms with Crippen LogP contribution in [0.1, 0.15) is 35.9 Å². The minimum atomic E-state index is 0.0236. The Morgan fingerprint density at radius 2 is 2.41 bits per heavy atom. The van der Waals surface area contributed by atoms with Crippen LogP contribution in [0.25, 0.3) is 0 Å². The largest absolute Gasteiger partial charge is 0.347 e. The van der Waals surface area contributed by atoms with Gasteiger partial charge in [-0.05, 0) is 30.7 Å². The lowest BCUT2D eigenvalue weighted by Crippen LogP contribution is -2.38. The molecular formula is C12H16ClNOS2. The van der Waals surface area contributed by atoms with Gasteiger partial charge in [-0.1, -0.05) is 24.9 Å². The summed E-state index contributed by atoms with van der Waals surface area (Å²) in [6.07, 6.45) is 3.53. The highest BCUT2D eigenvalue weighted by atomic mass is 35.5. The highest BCUT2D eigenvalue weighted by Gasteiger charge is 2.28. The number of carbonyl (C=O) groups is 1. The maximum absolute atomic E-state index is 12.0. The Balaban J connectivity index is 1.94. The van der Waals surface area contributed by atoms with Gasteiger partial charge in [0.1, 0.15) is 0 Å². The van der Waals surface area contributed by atoms with Crippen LogP contribution in [0.3, 0.4) is 0 Å². The summed E-state index contributed by atoms with van der Waals surface area (Å²) in [5.41, 5.74) is 0. The van der Waals surface area contributed by atoms with E-state index in [9.17, 15) is 4.79 Å². The third-order valence-electron chi connectivity index (χ3n) is 2.95. The summed E-state index contributed by atoms with van der Waals surface area (Å²) in [6.45, 7) is 2.17. The Morgan fingerprint density at radius 3 is 3.06 bits per heavy atom. The lowest BCUT2D eigenvalue weighted by Gasteiger charge is -2.19. The molecule has 0 saturated heterocycles. The van der Waals surface area contributed by atoms with Crippen LogP contribution in [0.5, 0.6) is 0 Å². The van der Waals surface area contributed by atoms with Gasteiger partial charge in [0.25, 0.3) is 5.91 Å². The molecular weight excluding hydrogens is 274 g/mol. The Morgan fingerprint density at radius 1 is 1.59 bits per heavy atom. The van der Waals surface area contributed by atoms with E-state index in [2.05, 4.69) is 12.2 Å². The Kier molecular flexibility index (Phi) is 4.77. The number of hydrogen-bond acceptors (Lipinski definition) is 3. The first-order valence-corrected chi connectivity index (χ1v) is 8.13. The van der Waals surface area contributed by atoms with Crippen LogP contribution in [0.15, 0.2) is 12.1 Å². The van der Waals surface area contributed by atoms with Gasteiger partial charge in [0.2, 0.25) is 0 Å². The number of carbonyl (C=O) groups excluding carboxylic acids is 1. The number of rotatable bonds is 4. The molecule has 0 aliphatic heterocycles. The summed E-state index contributed by atoms with van der Waals surface area (Å²) in [7, 11) is 0. The zero-order valence-corrected chi connectivity index (χ0v) is 12.1. The van der Waals surface area contributed by atoms with Crippen molar-refractivity contribution in [3.05, 3.63) is 21.3 Å². The monoisotopic (exact) mass is 289 g/mol. The van der Waals surface area contributed by atoms with Crippen LogP contribution in [0.2, 0.25) is 4.34 Å². The van der Waals surface area contributed by atoms with Gasteiger partial charge in [0.15, 0.2) is 0 Å². The fraction of sp³-hybridized carbons (Fsp3) is 0.583. The molecule has 1 amide bonds. The average Bonchev–Trinajstić information content (AvgIpc) is 2.89. The molecule has 2 unspecified atom stereocenters. The van der Waals surface area contributed by atoms with E-state index in [1.165, 1.54) is 24.2 Å². The van der Waals surface area contributed by atoms with Gasteiger partial charge in [0.05, 0.1) is 9.21 Å². The van der Waals surface area contributed by atoms with Crippen molar-refractivity contribution in [2.45, 2.75) is 37.5 Å². The number of thioether (sulfide) groups is 1. The van der Waals surface area contributed by atoms with Crippen LogP contribution in [0, 0.1) is 0 Å². The van der Waals surface area contributed by atoms with E-state index >= 15 is 0 Å². The van der Waals surface area contributed by atoms with E-state index in [1.54, 1.807) is 12.1 Å². The molecule has 1 heterocycles. The zero-order chi connectivity index (χ0) is 12.3. The topological polar surface area (TPSA) is 29.1 Å². The van der Waals surface area contributed by atoms with Crippen LogP contribution in [-0.2, 0) is 0 Å². The lowest BCUT2D eigenvalue weighted by atomic mass is 10.2. The predicted octanol–water partition coefficient (Wildman–Crippen LogP) is 3.81. The second-order valence-corrected chi connectivity index (χ2v) is 7.34. The van der Waals surface area contributed by atoms with Gasteiger partial charge < -0.3 is 5.32 Å². The first-order valence-electron chi connectivity index (χ1n) is 5.88. The lowest BCUT2D eigenvalue weighted by molar-refractivity contribution is 0.0943. The van der Waals surface area contributed by atoms with E-state index in [-0.39, 0.29) is 5.91 Å². The number of hydrogen-bond donors (Lipinski definition) is 1. The predicted molar refractivity (Wildman–Crippen MR) is 76.4 cm³/mol. The molecule has 1 aromatic heterocycles. The van der Waals surface area contributed by atoms with Crippen molar-refractivity contribution in [1.82, 2.24) is 5.32 Å². The van der Waals surface area contributed by atoms with Crippen molar-refractivity contribution < 1.29 is 4.79 Å². The Hall–Kier alpha value is -0.190. The Bertz CT molecular complexity index is 394.